The number of rotatable bonds is 3. The van der Waals surface area contributed by atoms with E-state index in [2.05, 4.69) is 4.99 Å². The van der Waals surface area contributed by atoms with Gasteiger partial charge < -0.3 is 10.8 Å². The molecule has 80 valence electrons. The molecule has 15 heavy (non-hydrogen) atoms. The first kappa shape index (κ1) is 11.5. The highest BCUT2D eigenvalue weighted by atomic mass is 35.5. The fraction of sp³-hybridized carbons (Fsp3) is 0.111. The van der Waals surface area contributed by atoms with Gasteiger partial charge in [0.25, 0.3) is 0 Å². The van der Waals surface area contributed by atoms with Gasteiger partial charge in [-0.3, -0.25) is 0 Å². The fourth-order valence-corrected chi connectivity index (χ4v) is 0.975. The van der Waals surface area contributed by atoms with Crippen molar-refractivity contribution >= 4 is 29.1 Å². The Balaban J connectivity index is 3.09. The van der Waals surface area contributed by atoms with Crippen LogP contribution in [0.1, 0.15) is 10.4 Å². The molecule has 1 rings (SSSR count). The van der Waals surface area contributed by atoms with E-state index in [-0.39, 0.29) is 23.0 Å². The third kappa shape index (κ3) is 2.92. The molecule has 1 aromatic carbocycles. The fourth-order valence-electron chi connectivity index (χ4n) is 0.915. The smallest absolute Gasteiger partial charge is 0.335 e. The van der Waals surface area contributed by atoms with Crippen molar-refractivity contribution in [2.75, 3.05) is 5.88 Å². The van der Waals surface area contributed by atoms with E-state index in [9.17, 15) is 9.18 Å². The topological polar surface area (TPSA) is 75.7 Å². The van der Waals surface area contributed by atoms with Crippen molar-refractivity contribution in [3.63, 3.8) is 0 Å². The van der Waals surface area contributed by atoms with E-state index in [1.807, 2.05) is 0 Å². The van der Waals surface area contributed by atoms with Gasteiger partial charge in [0.15, 0.2) is 0 Å². The van der Waals surface area contributed by atoms with Crippen LogP contribution in [-0.2, 0) is 0 Å². The number of carbonyl (C=O) groups is 1. The molecule has 0 radical (unpaired) electrons. The minimum Gasteiger partial charge on any atom is -0.478 e. The Bertz CT molecular complexity index is 421. The lowest BCUT2D eigenvalue weighted by Gasteiger charge is -2.00. The van der Waals surface area contributed by atoms with Gasteiger partial charge in [-0.2, -0.15) is 0 Å². The van der Waals surface area contributed by atoms with Gasteiger partial charge >= 0.3 is 5.97 Å². The van der Waals surface area contributed by atoms with Crippen molar-refractivity contribution in [3.8, 4) is 0 Å². The maximum absolute atomic E-state index is 13.2. The van der Waals surface area contributed by atoms with E-state index >= 15 is 0 Å². The van der Waals surface area contributed by atoms with Crippen LogP contribution in [0.4, 0.5) is 10.1 Å². The number of carboxylic acid groups (broad SMARTS) is 1. The molecule has 0 fully saturated rings. The molecule has 0 saturated carbocycles. The predicted molar refractivity (Wildman–Crippen MR) is 55.4 cm³/mol. The van der Waals surface area contributed by atoms with E-state index in [1.54, 1.807) is 0 Å². The first-order valence-electron chi connectivity index (χ1n) is 3.96. The van der Waals surface area contributed by atoms with Crippen LogP contribution < -0.4 is 5.73 Å². The number of aliphatic imine (C=N–C) groups is 1. The lowest BCUT2D eigenvalue weighted by Crippen LogP contribution is -2.12. The molecule has 0 amide bonds. The molecule has 0 spiro atoms. The van der Waals surface area contributed by atoms with Crippen LogP contribution in [0.3, 0.4) is 0 Å². The van der Waals surface area contributed by atoms with Crippen LogP contribution in [0.15, 0.2) is 23.2 Å². The van der Waals surface area contributed by atoms with Gasteiger partial charge in [0, 0.05) is 0 Å². The van der Waals surface area contributed by atoms with Crippen LogP contribution in [0.5, 0.6) is 0 Å². The highest BCUT2D eigenvalue weighted by Crippen LogP contribution is 2.18. The average Bonchev–Trinajstić information content (AvgIpc) is 2.20. The lowest BCUT2D eigenvalue weighted by atomic mass is 10.2. The summed E-state index contributed by atoms with van der Waals surface area (Å²) in [6.07, 6.45) is 0. The van der Waals surface area contributed by atoms with Gasteiger partial charge in [-0.15, -0.1) is 11.6 Å². The summed E-state index contributed by atoms with van der Waals surface area (Å²) in [5.41, 5.74) is 5.13. The zero-order valence-electron chi connectivity index (χ0n) is 7.58. The van der Waals surface area contributed by atoms with Crippen LogP contribution >= 0.6 is 11.6 Å². The average molecular weight is 231 g/mol. The first-order chi connectivity index (χ1) is 7.04. The maximum Gasteiger partial charge on any atom is 0.335 e. The standard InChI is InChI=1S/C9H8ClFN2O2/c10-4-8(12)13-7-2-1-5(9(14)15)3-6(7)11/h1-3H,4H2,(H2,12,13)(H,14,15). The van der Waals surface area contributed by atoms with Gasteiger partial charge in [0.2, 0.25) is 0 Å². The Morgan fingerprint density at radius 2 is 2.27 bits per heavy atom. The van der Waals surface area contributed by atoms with Gasteiger partial charge in [-0.1, -0.05) is 0 Å². The van der Waals surface area contributed by atoms with Crippen molar-refractivity contribution in [2.45, 2.75) is 0 Å². The summed E-state index contributed by atoms with van der Waals surface area (Å²) in [5.74, 6) is -1.89. The number of carboxylic acids is 1. The number of halogens is 2. The molecule has 0 bridgehead atoms. The summed E-state index contributed by atoms with van der Waals surface area (Å²) < 4.78 is 13.2. The summed E-state index contributed by atoms with van der Waals surface area (Å²) in [6.45, 7) is 0. The number of hydrogen-bond acceptors (Lipinski definition) is 2. The Morgan fingerprint density at radius 3 is 2.73 bits per heavy atom. The quantitative estimate of drug-likeness (QED) is 0.472. The highest BCUT2D eigenvalue weighted by molar-refractivity contribution is 6.28. The number of alkyl halides is 1. The molecule has 0 aromatic heterocycles. The van der Waals surface area contributed by atoms with Crippen LogP contribution in [-0.4, -0.2) is 22.8 Å². The number of nitrogens with two attached hydrogens (primary N) is 1. The number of hydrogen-bond donors (Lipinski definition) is 2. The summed E-state index contributed by atoms with van der Waals surface area (Å²) in [7, 11) is 0. The van der Waals surface area contributed by atoms with Crippen molar-refractivity contribution < 1.29 is 14.3 Å². The molecule has 0 aliphatic rings. The van der Waals surface area contributed by atoms with Crippen molar-refractivity contribution in [1.82, 2.24) is 0 Å². The normalized spacial score (nSPS) is 11.5. The number of benzene rings is 1. The number of amidine groups is 1. The Morgan fingerprint density at radius 1 is 1.60 bits per heavy atom. The molecule has 0 aliphatic carbocycles. The van der Waals surface area contributed by atoms with Crippen molar-refractivity contribution in [3.05, 3.63) is 29.6 Å². The van der Waals surface area contributed by atoms with Crippen molar-refractivity contribution in [2.24, 2.45) is 10.7 Å². The minimum absolute atomic E-state index is 0.0138. The van der Waals surface area contributed by atoms with E-state index in [0.717, 1.165) is 6.07 Å². The third-order valence-electron chi connectivity index (χ3n) is 1.60. The number of nitrogens with zero attached hydrogens (tertiary/aromatic N) is 1. The monoisotopic (exact) mass is 230 g/mol. The molecule has 3 N–H and O–H groups in total. The molecular formula is C9H8ClFN2O2. The Kier molecular flexibility index (Phi) is 3.62. The Labute approximate surface area is 90.2 Å². The largest absolute Gasteiger partial charge is 0.478 e. The molecule has 4 nitrogen and oxygen atoms in total. The highest BCUT2D eigenvalue weighted by Gasteiger charge is 2.07. The van der Waals surface area contributed by atoms with Crippen LogP contribution in [0, 0.1) is 5.82 Å². The number of aromatic carboxylic acids is 1. The molecule has 0 atom stereocenters. The molecule has 0 heterocycles. The third-order valence-corrected chi connectivity index (χ3v) is 1.87. The second kappa shape index (κ2) is 4.75. The van der Waals surface area contributed by atoms with E-state index in [0.29, 0.717) is 0 Å². The molecular weight excluding hydrogens is 223 g/mol. The molecule has 0 aliphatic heterocycles. The van der Waals surface area contributed by atoms with E-state index < -0.39 is 11.8 Å². The minimum atomic E-state index is -1.20. The first-order valence-corrected chi connectivity index (χ1v) is 4.50. The van der Waals surface area contributed by atoms with Crippen molar-refractivity contribution in [1.29, 1.82) is 0 Å². The second-order valence-electron chi connectivity index (χ2n) is 2.71. The Hall–Kier alpha value is -1.62. The van der Waals surface area contributed by atoms with Gasteiger partial charge in [0.1, 0.15) is 17.3 Å². The molecule has 0 unspecified atom stereocenters. The van der Waals surface area contributed by atoms with Gasteiger partial charge in [-0.05, 0) is 18.2 Å². The van der Waals surface area contributed by atoms with Gasteiger partial charge in [0.05, 0.1) is 11.4 Å². The predicted octanol–water partition coefficient (Wildman–Crippen LogP) is 1.75. The zero-order chi connectivity index (χ0) is 11.4. The summed E-state index contributed by atoms with van der Waals surface area (Å²) in [4.78, 5) is 14.2. The zero-order valence-corrected chi connectivity index (χ0v) is 8.33. The van der Waals surface area contributed by atoms with Gasteiger partial charge in [-0.25, -0.2) is 14.2 Å². The SMILES string of the molecule is NC(CCl)=Nc1ccc(C(=O)O)cc1F. The van der Waals surface area contributed by atoms with E-state index in [4.69, 9.17) is 22.4 Å². The van der Waals surface area contributed by atoms with E-state index in [1.165, 1.54) is 12.1 Å². The molecule has 0 saturated heterocycles. The molecule has 6 heteroatoms. The lowest BCUT2D eigenvalue weighted by molar-refractivity contribution is 0.0696. The van der Waals surface area contributed by atoms with Crippen LogP contribution in [0.2, 0.25) is 0 Å². The second-order valence-corrected chi connectivity index (χ2v) is 2.98. The summed E-state index contributed by atoms with van der Waals surface area (Å²) in [5, 5.41) is 8.58. The summed E-state index contributed by atoms with van der Waals surface area (Å²) in [6, 6.07) is 3.35. The van der Waals surface area contributed by atoms with Crippen LogP contribution in [0.25, 0.3) is 0 Å². The maximum atomic E-state index is 13.2. The summed E-state index contributed by atoms with van der Waals surface area (Å²) >= 11 is 5.36. The molecule has 1 aromatic rings.